The molecule has 1 atom stereocenters. The van der Waals surface area contributed by atoms with Crippen molar-refractivity contribution in [2.45, 2.75) is 70.4 Å². The summed E-state index contributed by atoms with van der Waals surface area (Å²) in [4.78, 5) is 33.2. The van der Waals surface area contributed by atoms with Crippen LogP contribution in [0.1, 0.15) is 67.5 Å². The van der Waals surface area contributed by atoms with Gasteiger partial charge < -0.3 is 24.1 Å². The van der Waals surface area contributed by atoms with Crippen LogP contribution in [-0.4, -0.2) is 58.0 Å². The number of rotatable bonds is 10. The van der Waals surface area contributed by atoms with Gasteiger partial charge in [0, 0.05) is 36.3 Å². The number of hydrogen-bond donors (Lipinski definition) is 1. The number of ether oxygens (including phenoxy) is 2. The minimum Gasteiger partial charge on any atom is -0.454 e. The van der Waals surface area contributed by atoms with Crippen molar-refractivity contribution in [2.24, 2.45) is 11.3 Å². The molecule has 11 heteroatoms. The Balaban J connectivity index is 1.04. The summed E-state index contributed by atoms with van der Waals surface area (Å²) in [6.07, 6.45) is 13.7. The van der Waals surface area contributed by atoms with Crippen molar-refractivity contribution in [1.29, 1.82) is 0 Å². The summed E-state index contributed by atoms with van der Waals surface area (Å²) in [5.41, 5.74) is 1.30. The van der Waals surface area contributed by atoms with E-state index in [9.17, 15) is 9.59 Å². The van der Waals surface area contributed by atoms with Gasteiger partial charge >= 0.3 is 0 Å². The first-order chi connectivity index (χ1) is 22.4. The molecule has 3 aliphatic rings. The van der Waals surface area contributed by atoms with Crippen LogP contribution in [0.15, 0.2) is 64.3 Å². The number of amides is 1. The molecule has 2 fully saturated rings. The summed E-state index contributed by atoms with van der Waals surface area (Å²) >= 11 is 6.15. The molecule has 1 saturated carbocycles. The van der Waals surface area contributed by atoms with Crippen molar-refractivity contribution in [3.05, 3.63) is 81.7 Å². The van der Waals surface area contributed by atoms with E-state index in [1.165, 1.54) is 38.2 Å². The van der Waals surface area contributed by atoms with Gasteiger partial charge in [0.05, 0.1) is 5.39 Å². The Kier molecular flexibility index (Phi) is 8.99. The molecule has 4 heterocycles. The van der Waals surface area contributed by atoms with Gasteiger partial charge in [0.2, 0.25) is 6.79 Å². The fraction of sp³-hybridized carbons (Fsp3) is 0.486. The average molecular weight is 646 g/mol. The molecule has 0 unspecified atom stereocenters. The number of nitrogens with one attached hydrogen (secondary N) is 1. The normalized spacial score (nSPS) is 18.9. The van der Waals surface area contributed by atoms with E-state index in [4.69, 9.17) is 25.5 Å². The average Bonchev–Trinajstić information content (AvgIpc) is 3.77. The maximum atomic E-state index is 13.5. The monoisotopic (exact) mass is 645 g/mol. The van der Waals surface area contributed by atoms with E-state index < -0.39 is 5.91 Å². The van der Waals surface area contributed by atoms with Crippen molar-refractivity contribution in [2.75, 3.05) is 26.4 Å². The first-order valence-electron chi connectivity index (χ1n) is 16.4. The zero-order valence-corrected chi connectivity index (χ0v) is 26.7. The van der Waals surface area contributed by atoms with Crippen molar-refractivity contribution in [3.63, 3.8) is 0 Å². The largest absolute Gasteiger partial charge is 0.454 e. The lowest BCUT2D eigenvalue weighted by atomic mass is 9.63. The maximum Gasteiger partial charge on any atom is 0.287 e. The van der Waals surface area contributed by atoms with Gasteiger partial charge in [0.15, 0.2) is 22.7 Å². The SMILES string of the molecule is O=C(N[C@H](CCN1CCC(Cn2cncn2)(C2CCCCC2)CC1)Cc1ccc(Cl)cc1)c1cc(=O)c2cc3c(cc2o1)OCO3. The Hall–Kier alpha value is -3.89. The molecular formula is C35H40ClN5O5. The van der Waals surface area contributed by atoms with Crippen LogP contribution in [0.2, 0.25) is 5.02 Å². The number of halogens is 1. The van der Waals surface area contributed by atoms with Gasteiger partial charge in [-0.3, -0.25) is 14.3 Å². The highest BCUT2D eigenvalue weighted by Crippen LogP contribution is 2.47. The topological polar surface area (TPSA) is 112 Å². The van der Waals surface area contributed by atoms with Gasteiger partial charge in [-0.1, -0.05) is 43.0 Å². The Morgan fingerprint density at radius 1 is 1.04 bits per heavy atom. The highest BCUT2D eigenvalue weighted by Gasteiger charge is 2.42. The Bertz CT molecular complexity index is 1710. The first-order valence-corrected chi connectivity index (χ1v) is 16.8. The van der Waals surface area contributed by atoms with E-state index in [-0.39, 0.29) is 35.0 Å². The van der Waals surface area contributed by atoms with Crippen molar-refractivity contribution in [1.82, 2.24) is 25.0 Å². The van der Waals surface area contributed by atoms with Crippen molar-refractivity contribution < 1.29 is 18.7 Å². The molecule has 242 valence electrons. The third-order valence-corrected chi connectivity index (χ3v) is 10.5. The van der Waals surface area contributed by atoms with E-state index in [2.05, 4.69) is 20.3 Å². The summed E-state index contributed by atoms with van der Waals surface area (Å²) in [5.74, 6) is 1.26. The molecule has 2 aromatic carbocycles. The standard InChI is InChI=1S/C35H40ClN5O5/c36-26-8-6-24(7-9-26)16-27(39-34(43)33-18-29(42)28-17-31-32(45-23-44-31)19-30(28)46-33)10-13-40-14-11-35(12-15-40,20-41-22-37-21-38-41)25-4-2-1-3-5-25/h6-9,17-19,21-22,25,27H,1-5,10-16,20,23H2,(H,39,43)/t27-/m1/s1. The second kappa shape index (κ2) is 13.5. The number of carbonyl (C=O) groups is 1. The molecule has 46 heavy (non-hydrogen) atoms. The van der Waals surface area contributed by atoms with Crippen molar-refractivity contribution >= 4 is 28.5 Å². The van der Waals surface area contributed by atoms with Gasteiger partial charge in [-0.25, -0.2) is 4.98 Å². The number of aromatic nitrogens is 3. The van der Waals surface area contributed by atoms with Crippen LogP contribution in [-0.2, 0) is 13.0 Å². The summed E-state index contributed by atoms with van der Waals surface area (Å²) in [5, 5.41) is 8.65. The van der Waals surface area contributed by atoms with E-state index in [0.717, 1.165) is 56.9 Å². The molecule has 1 amide bonds. The summed E-state index contributed by atoms with van der Waals surface area (Å²) < 4.78 is 18.8. The molecule has 7 rings (SSSR count). The number of likely N-dealkylation sites (tertiary alicyclic amines) is 1. The highest BCUT2D eigenvalue weighted by atomic mass is 35.5. The molecule has 0 bridgehead atoms. The number of nitrogens with zero attached hydrogens (tertiary/aromatic N) is 4. The summed E-state index contributed by atoms with van der Waals surface area (Å²) in [6, 6.07) is 12.0. The zero-order valence-electron chi connectivity index (χ0n) is 26.0. The summed E-state index contributed by atoms with van der Waals surface area (Å²) in [7, 11) is 0. The first kappa shape index (κ1) is 30.7. The predicted octanol–water partition coefficient (Wildman–Crippen LogP) is 5.86. The molecular weight excluding hydrogens is 606 g/mol. The molecule has 4 aromatic rings. The van der Waals surface area contributed by atoms with Crippen LogP contribution >= 0.6 is 11.6 Å². The molecule has 2 aromatic heterocycles. The number of benzene rings is 2. The minimum absolute atomic E-state index is 0.0270. The van der Waals surface area contributed by atoms with E-state index in [1.807, 2.05) is 35.3 Å². The number of carbonyl (C=O) groups excluding carboxylic acids is 1. The van der Waals surface area contributed by atoms with Gasteiger partial charge in [-0.15, -0.1) is 0 Å². The molecule has 0 spiro atoms. The summed E-state index contributed by atoms with van der Waals surface area (Å²) in [6.45, 7) is 3.90. The quantitative estimate of drug-likeness (QED) is 0.228. The third-order valence-electron chi connectivity index (χ3n) is 10.2. The lowest BCUT2D eigenvalue weighted by Gasteiger charge is -2.48. The van der Waals surface area contributed by atoms with Crippen LogP contribution < -0.4 is 20.2 Å². The van der Waals surface area contributed by atoms with Gasteiger partial charge in [0.25, 0.3) is 5.91 Å². The van der Waals surface area contributed by atoms with Crippen LogP contribution in [0, 0.1) is 11.3 Å². The van der Waals surface area contributed by atoms with Gasteiger partial charge in [-0.2, -0.15) is 5.10 Å². The van der Waals surface area contributed by atoms with Crippen LogP contribution in [0.3, 0.4) is 0 Å². The molecule has 0 radical (unpaired) electrons. The lowest BCUT2D eigenvalue weighted by molar-refractivity contribution is 0.0104. The fourth-order valence-electron chi connectivity index (χ4n) is 7.65. The lowest BCUT2D eigenvalue weighted by Crippen LogP contribution is -2.48. The molecule has 1 N–H and O–H groups in total. The Morgan fingerprint density at radius 2 is 1.80 bits per heavy atom. The Morgan fingerprint density at radius 3 is 2.54 bits per heavy atom. The molecule has 1 saturated heterocycles. The molecule has 10 nitrogen and oxygen atoms in total. The smallest absolute Gasteiger partial charge is 0.287 e. The minimum atomic E-state index is -0.418. The second-order valence-electron chi connectivity index (χ2n) is 13.1. The maximum absolute atomic E-state index is 13.5. The zero-order chi connectivity index (χ0) is 31.5. The molecule has 1 aliphatic carbocycles. The van der Waals surface area contributed by atoms with E-state index in [0.29, 0.717) is 28.3 Å². The predicted molar refractivity (Wildman–Crippen MR) is 174 cm³/mol. The number of fused-ring (bicyclic) bond motifs is 2. The Labute approximate surface area is 273 Å². The van der Waals surface area contributed by atoms with Crippen LogP contribution in [0.25, 0.3) is 11.0 Å². The van der Waals surface area contributed by atoms with Crippen molar-refractivity contribution in [3.8, 4) is 11.5 Å². The third kappa shape index (κ3) is 6.78. The fourth-order valence-corrected chi connectivity index (χ4v) is 7.78. The number of piperidine rings is 1. The van der Waals surface area contributed by atoms with Crippen LogP contribution in [0.4, 0.5) is 0 Å². The highest BCUT2D eigenvalue weighted by molar-refractivity contribution is 6.30. The van der Waals surface area contributed by atoms with E-state index >= 15 is 0 Å². The molecule has 2 aliphatic heterocycles. The van der Waals surface area contributed by atoms with Gasteiger partial charge in [0.1, 0.15) is 18.2 Å². The van der Waals surface area contributed by atoms with Crippen LogP contribution in [0.5, 0.6) is 11.5 Å². The number of hydrogen-bond acceptors (Lipinski definition) is 8. The van der Waals surface area contributed by atoms with Gasteiger partial charge in [-0.05, 0) is 86.7 Å². The second-order valence-corrected chi connectivity index (χ2v) is 13.5. The van der Waals surface area contributed by atoms with E-state index in [1.54, 1.807) is 18.5 Å².